The molecule has 7 heteroatoms. The van der Waals surface area contributed by atoms with Gasteiger partial charge in [0.25, 0.3) is 0 Å². The van der Waals surface area contributed by atoms with Crippen LogP contribution in [-0.4, -0.2) is 0 Å². The summed E-state index contributed by atoms with van der Waals surface area (Å²) in [6, 6.07) is 0. The molecule has 0 saturated carbocycles. The molecule has 0 unspecified atom stereocenters. The summed E-state index contributed by atoms with van der Waals surface area (Å²) < 4.78 is 0. The van der Waals surface area contributed by atoms with Gasteiger partial charge in [0.15, 0.2) is 0 Å². The van der Waals surface area contributed by atoms with Gasteiger partial charge in [-0.3, -0.25) is 0 Å². The van der Waals surface area contributed by atoms with Crippen molar-refractivity contribution in [3.63, 3.8) is 0 Å². The lowest BCUT2D eigenvalue weighted by Gasteiger charge is -1.94. The number of hydrogen-bond acceptors (Lipinski definition) is 0. The van der Waals surface area contributed by atoms with Gasteiger partial charge < -0.3 is 0 Å². The second-order valence-corrected chi connectivity index (χ2v) is 14.5. The summed E-state index contributed by atoms with van der Waals surface area (Å²) in [6.07, 6.45) is 0. The predicted octanol–water partition coefficient (Wildman–Crippen LogP) is 7.21. The molecule has 0 nitrogen and oxygen atoms in total. The number of fused-ring (bicyclic) bond motifs is 1. The number of aryl methyl sites for hydroxylation is 1. The number of hydrogen-bond donors (Lipinski definition) is 0. The van der Waals surface area contributed by atoms with Crippen LogP contribution in [0.25, 0.3) is 9.97 Å². The Bertz CT molecular complexity index is 380. The molecule has 0 amide bonds. The van der Waals surface area contributed by atoms with Crippen molar-refractivity contribution in [2.24, 2.45) is 0 Å². The highest BCUT2D eigenvalue weighted by Gasteiger charge is 1.96. The van der Waals surface area contributed by atoms with E-state index in [1.54, 1.807) is 69.4 Å². The molecular formula is C4H3P7. The van der Waals surface area contributed by atoms with Crippen LogP contribution in [0.3, 0.4) is 0 Å². The van der Waals surface area contributed by atoms with Crippen molar-refractivity contribution in [3.05, 3.63) is 5.30 Å². The monoisotopic (exact) mass is 268 g/mol. The van der Waals surface area contributed by atoms with Gasteiger partial charge in [-0.15, -0.1) is 0 Å². The Labute approximate surface area is 76.4 Å². The van der Waals surface area contributed by atoms with Crippen molar-refractivity contribution < 1.29 is 0 Å². The average molecular weight is 268 g/mol. The topological polar surface area (TPSA) is 0 Å². The molecule has 0 fully saturated rings. The van der Waals surface area contributed by atoms with E-state index in [4.69, 9.17) is 0 Å². The van der Waals surface area contributed by atoms with Crippen molar-refractivity contribution in [3.8, 4) is 0 Å². The largest absolute Gasteiger partial charge is 0.0516 e. The molecule has 0 atom stereocenters. The first kappa shape index (κ1) is 9.27. The first-order valence-corrected chi connectivity index (χ1v) is 12.7. The summed E-state index contributed by atoms with van der Waals surface area (Å²) in [5, 5.41) is 3.30. The van der Waals surface area contributed by atoms with Crippen molar-refractivity contribution in [2.45, 2.75) is 6.92 Å². The fourth-order valence-electron chi connectivity index (χ4n) is 0.700. The van der Waals surface area contributed by atoms with Crippen molar-refractivity contribution >= 4 is 64.1 Å². The standard InChI is InChI=1S/C4H3P7/c1-2-3-4(7-9-5-2)8-11-10-6-3/h1H3. The molecular weight excluding hydrogens is 265 g/mol. The molecule has 0 aliphatic carbocycles. The molecule has 0 aliphatic heterocycles. The Hall–Kier alpha value is 1.71. The minimum atomic E-state index is 1.54. The minimum absolute atomic E-state index is 1.54. The zero-order valence-corrected chi connectivity index (χ0v) is 11.9. The lowest BCUT2D eigenvalue weighted by molar-refractivity contribution is 1.72. The molecule has 54 valence electrons. The summed E-state index contributed by atoms with van der Waals surface area (Å²) >= 11 is 0. The SMILES string of the molecule is Cc1pppc2ppppc12. The van der Waals surface area contributed by atoms with E-state index in [-0.39, 0.29) is 0 Å². The van der Waals surface area contributed by atoms with E-state index in [0.29, 0.717) is 0 Å². The van der Waals surface area contributed by atoms with E-state index in [1.165, 1.54) is 0 Å². The van der Waals surface area contributed by atoms with E-state index in [1.807, 2.05) is 0 Å². The maximum absolute atomic E-state index is 2.29. The third-order valence-corrected chi connectivity index (χ3v) is 15.9. The van der Waals surface area contributed by atoms with Crippen LogP contribution in [0.4, 0.5) is 0 Å². The molecule has 11 heavy (non-hydrogen) atoms. The van der Waals surface area contributed by atoms with Crippen LogP contribution in [-0.2, 0) is 0 Å². The zero-order valence-electron chi connectivity index (χ0n) is 5.63. The third kappa shape index (κ3) is 2.14. The van der Waals surface area contributed by atoms with Gasteiger partial charge in [0, 0.05) is 5.12 Å². The first-order valence-electron chi connectivity index (χ1n) is 2.89. The maximum Gasteiger partial charge on any atom is 0.0516 e. The van der Waals surface area contributed by atoms with Gasteiger partial charge >= 0.3 is 0 Å². The van der Waals surface area contributed by atoms with Crippen LogP contribution in [0.5, 0.6) is 0 Å². The second kappa shape index (κ2) is 4.28. The zero-order chi connectivity index (χ0) is 7.68. The van der Waals surface area contributed by atoms with Gasteiger partial charge in [0.05, 0.1) is 4.85 Å². The Morgan fingerprint density at radius 3 is 2.36 bits per heavy atom. The van der Waals surface area contributed by atoms with E-state index in [0.717, 1.165) is 0 Å². The molecule has 2 rings (SSSR count). The van der Waals surface area contributed by atoms with Crippen molar-refractivity contribution in [1.29, 1.82) is 0 Å². The lowest BCUT2D eigenvalue weighted by atomic mass is 10.6. The van der Waals surface area contributed by atoms with E-state index in [9.17, 15) is 0 Å². The Morgan fingerprint density at radius 1 is 0.818 bits per heavy atom. The van der Waals surface area contributed by atoms with Gasteiger partial charge in [0.1, 0.15) is 0 Å². The molecule has 0 bridgehead atoms. The Morgan fingerprint density at radius 2 is 1.55 bits per heavy atom. The van der Waals surface area contributed by atoms with Gasteiger partial charge in [-0.25, -0.2) is 0 Å². The second-order valence-electron chi connectivity index (χ2n) is 1.93. The maximum atomic E-state index is 2.29. The molecule has 0 saturated heterocycles. The van der Waals surface area contributed by atoms with Gasteiger partial charge in [-0.1, -0.05) is 0 Å². The van der Waals surface area contributed by atoms with Crippen LogP contribution in [0.15, 0.2) is 0 Å². The first-order chi connectivity index (χ1) is 5.38. The van der Waals surface area contributed by atoms with E-state index in [2.05, 4.69) is 6.92 Å². The summed E-state index contributed by atoms with van der Waals surface area (Å²) in [6.45, 7) is 2.29. The van der Waals surface area contributed by atoms with Crippen LogP contribution in [0.2, 0.25) is 0 Å². The van der Waals surface area contributed by atoms with Crippen LogP contribution >= 0.6 is 54.1 Å². The molecule has 0 aliphatic rings. The highest BCUT2D eigenvalue weighted by atomic mass is 32.3. The summed E-state index contributed by atoms with van der Waals surface area (Å²) in [7, 11) is 11.0. The smallest absolute Gasteiger partial charge is 0.0341 e. The minimum Gasteiger partial charge on any atom is -0.0341 e. The predicted molar refractivity (Wildman–Crippen MR) is 66.3 cm³/mol. The number of rotatable bonds is 0. The fraction of sp³-hybridized carbons (Fsp3) is 0.250. The molecule has 2 heterocycles. The third-order valence-electron chi connectivity index (χ3n) is 1.21. The highest BCUT2D eigenvalue weighted by molar-refractivity contribution is 8.33. The molecule has 2 aromatic rings. The van der Waals surface area contributed by atoms with Crippen molar-refractivity contribution in [2.75, 3.05) is 0 Å². The van der Waals surface area contributed by atoms with Crippen LogP contribution in [0, 0.1) is 6.92 Å². The molecule has 2 aromatic heterocycles. The molecule has 0 spiro atoms. The quantitative estimate of drug-likeness (QED) is 0.473. The Balaban J connectivity index is 2.91. The molecule has 0 radical (unpaired) electrons. The van der Waals surface area contributed by atoms with E-state index >= 15 is 0 Å². The lowest BCUT2D eigenvalue weighted by Crippen LogP contribution is -1.55. The van der Waals surface area contributed by atoms with Gasteiger partial charge in [0.2, 0.25) is 0 Å². The molecule has 0 N–H and O–H groups in total. The van der Waals surface area contributed by atoms with Crippen LogP contribution in [0.1, 0.15) is 5.30 Å². The van der Waals surface area contributed by atoms with Crippen LogP contribution < -0.4 is 0 Å². The van der Waals surface area contributed by atoms with Gasteiger partial charge in [-0.2, -0.15) is 0 Å². The summed E-state index contributed by atoms with van der Waals surface area (Å²) in [5.41, 5.74) is 0. The molecule has 0 aromatic carbocycles. The fourth-order valence-corrected chi connectivity index (χ4v) is 18.5. The Kier molecular flexibility index (Phi) is 3.61. The summed E-state index contributed by atoms with van der Waals surface area (Å²) in [5.74, 6) is 0. The average Bonchev–Trinajstić information content (AvgIpc) is 2.06. The van der Waals surface area contributed by atoms with Crippen molar-refractivity contribution in [1.82, 2.24) is 0 Å². The highest BCUT2D eigenvalue weighted by Crippen LogP contribution is 2.53. The van der Waals surface area contributed by atoms with Gasteiger partial charge in [-0.05, 0) is 66.3 Å². The van der Waals surface area contributed by atoms with E-state index < -0.39 is 0 Å². The summed E-state index contributed by atoms with van der Waals surface area (Å²) in [4.78, 5) is 1.70. The normalized spacial score (nSPS) is 15.4.